The number of nitrogens with one attached hydrogen (secondary N) is 1. The number of piperidine rings is 1. The number of nitrogens with zero attached hydrogens (tertiary/aromatic N) is 3. The van der Waals surface area contributed by atoms with E-state index in [1.54, 1.807) is 11.0 Å². The maximum atomic E-state index is 13.4. The summed E-state index contributed by atoms with van der Waals surface area (Å²) in [5.74, 6) is 0.904. The minimum Gasteiger partial charge on any atom is -0.493 e. The third kappa shape index (κ3) is 6.22. The smallest absolute Gasteiger partial charge is 0.318 e. The molecule has 1 aliphatic carbocycles. The molecule has 178 valence electrons. The Balaban J connectivity index is 1.45. The molecule has 1 unspecified atom stereocenters. The zero-order chi connectivity index (χ0) is 23.4. The third-order valence-electron chi connectivity index (χ3n) is 6.62. The second-order valence-electron chi connectivity index (χ2n) is 10.1. The molecule has 1 saturated heterocycles. The topological polar surface area (TPSA) is 57.7 Å². The first-order valence-corrected chi connectivity index (χ1v) is 11.9. The molecule has 1 atom stereocenters. The summed E-state index contributed by atoms with van der Waals surface area (Å²) >= 11 is 0. The number of aromatic nitrogens is 1. The number of hydrogen-bond donors (Lipinski definition) is 1. The molecule has 1 aromatic carbocycles. The number of amides is 2. The summed E-state index contributed by atoms with van der Waals surface area (Å²) in [5, 5.41) is 3.32. The molecule has 1 aromatic heterocycles. The lowest BCUT2D eigenvalue weighted by molar-refractivity contribution is 0.135. The molecule has 1 N–H and O–H groups in total. The van der Waals surface area contributed by atoms with E-state index in [0.29, 0.717) is 31.3 Å². The summed E-state index contributed by atoms with van der Waals surface area (Å²) < 4.78 is 19.1. The van der Waals surface area contributed by atoms with Crippen LogP contribution in [0.5, 0.6) is 5.75 Å². The molecule has 2 aliphatic rings. The number of urea groups is 1. The van der Waals surface area contributed by atoms with E-state index in [1.807, 2.05) is 24.3 Å². The van der Waals surface area contributed by atoms with Crippen LogP contribution in [0.2, 0.25) is 0 Å². The van der Waals surface area contributed by atoms with Crippen LogP contribution >= 0.6 is 0 Å². The van der Waals surface area contributed by atoms with Gasteiger partial charge in [0.05, 0.1) is 25.0 Å². The summed E-state index contributed by atoms with van der Waals surface area (Å²) in [7, 11) is 2.15. The highest BCUT2D eigenvalue weighted by Crippen LogP contribution is 2.52. The van der Waals surface area contributed by atoms with Crippen LogP contribution < -0.4 is 10.1 Å². The lowest BCUT2D eigenvalue weighted by atomic mass is 9.89. The lowest BCUT2D eigenvalue weighted by Gasteiger charge is -2.38. The predicted octanol–water partition coefficient (Wildman–Crippen LogP) is 4.45. The fraction of sp³-hybridized carbons (Fsp3) is 0.538. The zero-order valence-corrected chi connectivity index (χ0v) is 19.9. The summed E-state index contributed by atoms with van der Waals surface area (Å²) in [6.07, 6.45) is 4.49. The standard InChI is InChI=1S/C26H35FN4O2/c1-19(2)17-33-23-8-4-20(5-9-23)15-31(16-22-7-6-21(27)14-28-22)25(32)29-24-10-13-30(3)18-26(24)11-12-26/h4-9,14,19,24H,10-13,15-18H2,1-3H3,(H,29,32). The summed E-state index contributed by atoms with van der Waals surface area (Å²) in [6, 6.07) is 11.0. The van der Waals surface area contributed by atoms with E-state index in [9.17, 15) is 9.18 Å². The van der Waals surface area contributed by atoms with Gasteiger partial charge in [0.25, 0.3) is 0 Å². The molecular weight excluding hydrogens is 419 g/mol. The van der Waals surface area contributed by atoms with Crippen molar-refractivity contribution in [2.75, 3.05) is 26.7 Å². The summed E-state index contributed by atoms with van der Waals surface area (Å²) in [6.45, 7) is 7.68. The van der Waals surface area contributed by atoms with Crippen molar-refractivity contribution in [1.29, 1.82) is 0 Å². The molecule has 0 radical (unpaired) electrons. The second-order valence-corrected chi connectivity index (χ2v) is 10.1. The monoisotopic (exact) mass is 454 g/mol. The van der Waals surface area contributed by atoms with Gasteiger partial charge in [-0.3, -0.25) is 4.98 Å². The molecule has 7 heteroatoms. The van der Waals surface area contributed by atoms with E-state index in [0.717, 1.165) is 30.8 Å². The first-order valence-electron chi connectivity index (χ1n) is 11.9. The average molecular weight is 455 g/mol. The van der Waals surface area contributed by atoms with Gasteiger partial charge in [0, 0.05) is 24.5 Å². The van der Waals surface area contributed by atoms with Crippen LogP contribution in [-0.2, 0) is 13.1 Å². The van der Waals surface area contributed by atoms with Crippen molar-refractivity contribution in [1.82, 2.24) is 20.1 Å². The van der Waals surface area contributed by atoms with Gasteiger partial charge in [-0.1, -0.05) is 26.0 Å². The Morgan fingerprint density at radius 2 is 2.00 bits per heavy atom. The lowest BCUT2D eigenvalue weighted by Crippen LogP contribution is -2.54. The fourth-order valence-corrected chi connectivity index (χ4v) is 4.58. The number of carbonyl (C=O) groups excluding carboxylic acids is 1. The molecule has 4 rings (SSSR count). The molecule has 1 spiro atoms. The van der Waals surface area contributed by atoms with Gasteiger partial charge in [0.1, 0.15) is 11.6 Å². The van der Waals surface area contributed by atoms with Crippen molar-refractivity contribution in [2.24, 2.45) is 11.3 Å². The Hall–Kier alpha value is -2.67. The molecule has 0 bridgehead atoms. The largest absolute Gasteiger partial charge is 0.493 e. The molecular formula is C26H35FN4O2. The Labute approximate surface area is 196 Å². The van der Waals surface area contributed by atoms with Gasteiger partial charge in [-0.15, -0.1) is 0 Å². The fourth-order valence-electron chi connectivity index (χ4n) is 4.58. The van der Waals surface area contributed by atoms with Gasteiger partial charge < -0.3 is 19.9 Å². The average Bonchev–Trinajstić information content (AvgIpc) is 3.55. The van der Waals surface area contributed by atoms with Crippen LogP contribution in [0.25, 0.3) is 0 Å². The number of pyridine rings is 1. The Kier molecular flexibility index (Phi) is 7.17. The van der Waals surface area contributed by atoms with Crippen molar-refractivity contribution in [2.45, 2.75) is 52.2 Å². The minimum absolute atomic E-state index is 0.0953. The van der Waals surface area contributed by atoms with E-state index < -0.39 is 0 Å². The van der Waals surface area contributed by atoms with Crippen LogP contribution in [0.15, 0.2) is 42.6 Å². The Bertz CT molecular complexity index is 928. The van der Waals surface area contributed by atoms with E-state index in [4.69, 9.17) is 4.74 Å². The quantitative estimate of drug-likeness (QED) is 0.640. The Morgan fingerprint density at radius 3 is 2.64 bits per heavy atom. The highest BCUT2D eigenvalue weighted by Gasteiger charge is 2.52. The third-order valence-corrected chi connectivity index (χ3v) is 6.62. The molecule has 1 saturated carbocycles. The van der Waals surface area contributed by atoms with E-state index in [1.165, 1.54) is 25.1 Å². The number of halogens is 1. The van der Waals surface area contributed by atoms with Gasteiger partial charge in [0.15, 0.2) is 0 Å². The van der Waals surface area contributed by atoms with Crippen molar-refractivity contribution in [3.05, 3.63) is 59.7 Å². The molecule has 2 amide bonds. The Morgan fingerprint density at radius 1 is 1.24 bits per heavy atom. The van der Waals surface area contributed by atoms with Crippen LogP contribution in [0.4, 0.5) is 9.18 Å². The first kappa shape index (κ1) is 23.5. The highest BCUT2D eigenvalue weighted by atomic mass is 19.1. The normalized spacial score (nSPS) is 19.5. The van der Waals surface area contributed by atoms with Gasteiger partial charge in [-0.2, -0.15) is 0 Å². The van der Waals surface area contributed by atoms with E-state index in [-0.39, 0.29) is 23.3 Å². The maximum Gasteiger partial charge on any atom is 0.318 e. The minimum atomic E-state index is -0.381. The molecule has 2 fully saturated rings. The SMILES string of the molecule is CC(C)COc1ccc(CN(Cc2ccc(F)cn2)C(=O)NC2CCN(C)CC23CC3)cc1. The zero-order valence-electron chi connectivity index (χ0n) is 19.9. The van der Waals surface area contributed by atoms with Crippen molar-refractivity contribution >= 4 is 6.03 Å². The number of benzene rings is 1. The van der Waals surface area contributed by atoms with Crippen molar-refractivity contribution in [3.63, 3.8) is 0 Å². The molecule has 1 aliphatic heterocycles. The number of rotatable bonds is 8. The van der Waals surface area contributed by atoms with Crippen LogP contribution in [0.3, 0.4) is 0 Å². The number of likely N-dealkylation sites (tertiary alicyclic amines) is 1. The van der Waals surface area contributed by atoms with Gasteiger partial charge in [-0.25, -0.2) is 9.18 Å². The predicted molar refractivity (Wildman–Crippen MR) is 126 cm³/mol. The number of ether oxygens (including phenoxy) is 1. The van der Waals surface area contributed by atoms with Gasteiger partial charge >= 0.3 is 6.03 Å². The molecule has 2 aromatic rings. The van der Waals surface area contributed by atoms with Gasteiger partial charge in [-0.05, 0) is 68.6 Å². The summed E-state index contributed by atoms with van der Waals surface area (Å²) in [5.41, 5.74) is 1.89. The van der Waals surface area contributed by atoms with Crippen LogP contribution in [0.1, 0.15) is 44.4 Å². The highest BCUT2D eigenvalue weighted by molar-refractivity contribution is 5.74. The molecule has 33 heavy (non-hydrogen) atoms. The summed E-state index contributed by atoms with van der Waals surface area (Å²) in [4.78, 5) is 21.7. The van der Waals surface area contributed by atoms with Gasteiger partial charge in [0.2, 0.25) is 0 Å². The van der Waals surface area contributed by atoms with Crippen molar-refractivity contribution < 1.29 is 13.9 Å². The van der Waals surface area contributed by atoms with Crippen LogP contribution in [-0.4, -0.2) is 53.6 Å². The first-order chi connectivity index (χ1) is 15.8. The van der Waals surface area contributed by atoms with E-state index >= 15 is 0 Å². The molecule has 6 nitrogen and oxygen atoms in total. The van der Waals surface area contributed by atoms with E-state index in [2.05, 4.69) is 36.1 Å². The maximum absolute atomic E-state index is 13.4. The number of carbonyl (C=O) groups is 1. The number of hydrogen-bond acceptors (Lipinski definition) is 4. The molecule has 2 heterocycles. The second kappa shape index (κ2) is 10.1. The van der Waals surface area contributed by atoms with Crippen LogP contribution in [0, 0.1) is 17.2 Å². The van der Waals surface area contributed by atoms with Crippen molar-refractivity contribution in [3.8, 4) is 5.75 Å².